The SMILES string of the molecule is O=C(CSc1nnc(NCc2ccccc2)s1)NNC(=O)c1ccc(Cl)cc1. The van der Waals surface area contributed by atoms with Gasteiger partial charge in [-0.3, -0.25) is 20.4 Å². The Balaban J connectivity index is 1.39. The number of nitrogens with one attached hydrogen (secondary N) is 3. The van der Waals surface area contributed by atoms with Crippen LogP contribution in [-0.4, -0.2) is 27.8 Å². The Hall–Kier alpha value is -2.62. The molecule has 0 saturated carbocycles. The molecule has 3 aromatic rings. The second kappa shape index (κ2) is 10.1. The van der Waals surface area contributed by atoms with E-state index in [2.05, 4.69) is 26.4 Å². The van der Waals surface area contributed by atoms with E-state index >= 15 is 0 Å². The van der Waals surface area contributed by atoms with Gasteiger partial charge in [-0.1, -0.05) is 65.0 Å². The first-order valence-electron chi connectivity index (χ1n) is 8.19. The third-order valence-electron chi connectivity index (χ3n) is 3.44. The number of thioether (sulfide) groups is 1. The van der Waals surface area contributed by atoms with Gasteiger partial charge in [0.1, 0.15) is 0 Å². The summed E-state index contributed by atoms with van der Waals surface area (Å²) >= 11 is 8.39. The molecule has 2 aromatic carbocycles. The molecule has 10 heteroatoms. The van der Waals surface area contributed by atoms with E-state index in [-0.39, 0.29) is 11.7 Å². The van der Waals surface area contributed by atoms with Crippen LogP contribution >= 0.6 is 34.7 Å². The van der Waals surface area contributed by atoms with E-state index in [4.69, 9.17) is 11.6 Å². The maximum absolute atomic E-state index is 11.9. The van der Waals surface area contributed by atoms with Crippen LogP contribution in [0.15, 0.2) is 58.9 Å². The summed E-state index contributed by atoms with van der Waals surface area (Å²) in [4.78, 5) is 23.8. The molecule has 1 aromatic heterocycles. The molecule has 7 nitrogen and oxygen atoms in total. The Morgan fingerprint density at radius 2 is 1.75 bits per heavy atom. The third-order valence-corrected chi connectivity index (χ3v) is 5.71. The number of hydrazine groups is 1. The second-order valence-electron chi connectivity index (χ2n) is 5.51. The van der Waals surface area contributed by atoms with Gasteiger partial charge in [0, 0.05) is 17.1 Å². The van der Waals surface area contributed by atoms with Gasteiger partial charge in [-0.2, -0.15) is 0 Å². The normalized spacial score (nSPS) is 10.3. The van der Waals surface area contributed by atoms with Gasteiger partial charge in [0.05, 0.1) is 5.75 Å². The van der Waals surface area contributed by atoms with Gasteiger partial charge in [-0.25, -0.2) is 0 Å². The lowest BCUT2D eigenvalue weighted by Crippen LogP contribution is -2.42. The van der Waals surface area contributed by atoms with Crippen LogP contribution in [-0.2, 0) is 11.3 Å². The molecule has 0 aliphatic carbocycles. The maximum atomic E-state index is 11.9. The topological polar surface area (TPSA) is 96.0 Å². The zero-order valence-corrected chi connectivity index (χ0v) is 16.9. The number of rotatable bonds is 7. The molecule has 0 bridgehead atoms. The van der Waals surface area contributed by atoms with E-state index in [9.17, 15) is 9.59 Å². The van der Waals surface area contributed by atoms with Crippen LogP contribution in [0.4, 0.5) is 5.13 Å². The molecule has 0 spiro atoms. The molecule has 3 rings (SSSR count). The van der Waals surface area contributed by atoms with Crippen LogP contribution in [0.3, 0.4) is 0 Å². The number of carbonyl (C=O) groups excluding carboxylic acids is 2. The Morgan fingerprint density at radius 1 is 1.00 bits per heavy atom. The standard InChI is InChI=1S/C18H16ClN5O2S2/c19-14-8-6-13(7-9-14)16(26)22-21-15(25)11-27-18-24-23-17(28-18)20-10-12-4-2-1-3-5-12/h1-9H,10-11H2,(H,20,23)(H,21,25)(H,22,26). The van der Waals surface area contributed by atoms with Crippen molar-refractivity contribution in [2.45, 2.75) is 10.9 Å². The molecular weight excluding hydrogens is 418 g/mol. The van der Waals surface area contributed by atoms with E-state index in [1.807, 2.05) is 30.3 Å². The van der Waals surface area contributed by atoms with Crippen molar-refractivity contribution in [2.24, 2.45) is 0 Å². The Morgan fingerprint density at radius 3 is 2.50 bits per heavy atom. The summed E-state index contributed by atoms with van der Waals surface area (Å²) in [5.74, 6) is -0.659. The number of benzene rings is 2. The van der Waals surface area contributed by atoms with Crippen LogP contribution in [0.25, 0.3) is 0 Å². The summed E-state index contributed by atoms with van der Waals surface area (Å²) in [5, 5.41) is 12.5. The summed E-state index contributed by atoms with van der Waals surface area (Å²) in [5.41, 5.74) is 6.27. The fraction of sp³-hybridized carbons (Fsp3) is 0.111. The Labute approximate surface area is 174 Å². The first-order valence-corrected chi connectivity index (χ1v) is 10.4. The zero-order valence-electron chi connectivity index (χ0n) is 14.5. The number of halogens is 1. The summed E-state index contributed by atoms with van der Waals surface area (Å²) in [6, 6.07) is 16.3. The largest absolute Gasteiger partial charge is 0.356 e. The van der Waals surface area contributed by atoms with E-state index in [0.29, 0.717) is 26.6 Å². The molecule has 0 unspecified atom stereocenters. The summed E-state index contributed by atoms with van der Waals surface area (Å²) in [6.45, 7) is 0.650. The van der Waals surface area contributed by atoms with Crippen molar-refractivity contribution in [3.05, 3.63) is 70.7 Å². The van der Waals surface area contributed by atoms with Gasteiger partial charge < -0.3 is 5.32 Å². The first-order chi connectivity index (χ1) is 13.6. The number of anilines is 1. The van der Waals surface area contributed by atoms with E-state index < -0.39 is 5.91 Å². The smallest absolute Gasteiger partial charge is 0.269 e. The molecule has 0 fully saturated rings. The molecule has 1 heterocycles. The van der Waals surface area contributed by atoms with Crippen LogP contribution in [0.2, 0.25) is 5.02 Å². The highest BCUT2D eigenvalue weighted by Gasteiger charge is 2.10. The van der Waals surface area contributed by atoms with Crippen LogP contribution in [0.1, 0.15) is 15.9 Å². The lowest BCUT2D eigenvalue weighted by atomic mass is 10.2. The van der Waals surface area contributed by atoms with Crippen LogP contribution in [0.5, 0.6) is 0 Å². The number of hydrogen-bond donors (Lipinski definition) is 3. The van der Waals surface area contributed by atoms with Crippen molar-refractivity contribution < 1.29 is 9.59 Å². The predicted octanol–water partition coefficient (Wildman–Crippen LogP) is 3.36. The second-order valence-corrected chi connectivity index (χ2v) is 8.15. The quantitative estimate of drug-likeness (QED) is 0.390. The monoisotopic (exact) mass is 433 g/mol. The van der Waals surface area contributed by atoms with Crippen molar-refractivity contribution in [1.82, 2.24) is 21.0 Å². The van der Waals surface area contributed by atoms with E-state index in [1.165, 1.54) is 23.1 Å². The molecule has 0 saturated heterocycles. The minimum atomic E-state index is -0.418. The number of aromatic nitrogens is 2. The highest BCUT2D eigenvalue weighted by atomic mass is 35.5. The van der Waals surface area contributed by atoms with Gasteiger partial charge in [-0.05, 0) is 29.8 Å². The number of carbonyl (C=O) groups is 2. The summed E-state index contributed by atoms with van der Waals surface area (Å²) in [7, 11) is 0. The van der Waals surface area contributed by atoms with Crippen molar-refractivity contribution in [3.8, 4) is 0 Å². The highest BCUT2D eigenvalue weighted by Crippen LogP contribution is 2.25. The number of hydrogen-bond acceptors (Lipinski definition) is 7. The van der Waals surface area contributed by atoms with Crippen LogP contribution in [0, 0.1) is 0 Å². The number of amides is 2. The molecule has 28 heavy (non-hydrogen) atoms. The minimum absolute atomic E-state index is 0.105. The van der Waals surface area contributed by atoms with Gasteiger partial charge >= 0.3 is 0 Å². The zero-order chi connectivity index (χ0) is 19.8. The lowest BCUT2D eigenvalue weighted by Gasteiger charge is -2.06. The highest BCUT2D eigenvalue weighted by molar-refractivity contribution is 8.01. The number of nitrogens with zero attached hydrogens (tertiary/aromatic N) is 2. The maximum Gasteiger partial charge on any atom is 0.269 e. The molecule has 0 radical (unpaired) electrons. The Kier molecular flexibility index (Phi) is 7.24. The third kappa shape index (κ3) is 6.22. The van der Waals surface area contributed by atoms with Gasteiger partial charge in [0.2, 0.25) is 11.0 Å². The first kappa shape index (κ1) is 20.1. The van der Waals surface area contributed by atoms with E-state index in [0.717, 1.165) is 5.56 Å². The van der Waals surface area contributed by atoms with Gasteiger partial charge in [-0.15, -0.1) is 10.2 Å². The lowest BCUT2D eigenvalue weighted by molar-refractivity contribution is -0.119. The molecule has 0 atom stereocenters. The van der Waals surface area contributed by atoms with Crippen molar-refractivity contribution in [3.63, 3.8) is 0 Å². The van der Waals surface area contributed by atoms with Crippen molar-refractivity contribution in [2.75, 3.05) is 11.1 Å². The van der Waals surface area contributed by atoms with Crippen LogP contribution < -0.4 is 16.2 Å². The molecule has 0 aliphatic heterocycles. The summed E-state index contributed by atoms with van der Waals surface area (Å²) in [6.07, 6.45) is 0. The molecule has 2 amide bonds. The van der Waals surface area contributed by atoms with Gasteiger partial charge in [0.15, 0.2) is 4.34 Å². The summed E-state index contributed by atoms with van der Waals surface area (Å²) < 4.78 is 0.662. The molecule has 0 aliphatic rings. The molecule has 144 valence electrons. The van der Waals surface area contributed by atoms with Crippen molar-refractivity contribution in [1.29, 1.82) is 0 Å². The van der Waals surface area contributed by atoms with E-state index in [1.54, 1.807) is 24.3 Å². The fourth-order valence-corrected chi connectivity index (χ4v) is 3.75. The van der Waals surface area contributed by atoms with Gasteiger partial charge in [0.25, 0.3) is 5.91 Å². The van der Waals surface area contributed by atoms with Crippen molar-refractivity contribution >= 4 is 51.6 Å². The average Bonchev–Trinajstić information content (AvgIpc) is 3.18. The Bertz CT molecular complexity index is 935. The fourth-order valence-electron chi connectivity index (χ4n) is 2.08. The average molecular weight is 434 g/mol. The molecule has 3 N–H and O–H groups in total. The minimum Gasteiger partial charge on any atom is -0.356 e. The predicted molar refractivity (Wildman–Crippen MR) is 111 cm³/mol. The molecular formula is C18H16ClN5O2S2.